The molecule has 0 saturated carbocycles. The third kappa shape index (κ3) is 3.04. The first-order chi connectivity index (χ1) is 8.99. The molecule has 0 saturated heterocycles. The maximum atomic E-state index is 4.30. The van der Waals surface area contributed by atoms with Crippen molar-refractivity contribution in [3.63, 3.8) is 0 Å². The Labute approximate surface area is 115 Å². The van der Waals surface area contributed by atoms with E-state index in [1.165, 1.54) is 27.9 Å². The lowest BCUT2D eigenvalue weighted by Crippen LogP contribution is -2.19. The molecule has 0 fully saturated rings. The van der Waals surface area contributed by atoms with Gasteiger partial charge in [0.2, 0.25) is 0 Å². The molecule has 0 amide bonds. The molecule has 1 atom stereocenters. The van der Waals surface area contributed by atoms with E-state index in [1.54, 1.807) is 0 Å². The average molecular weight is 257 g/mol. The first kappa shape index (κ1) is 13.8. The first-order valence-corrected chi connectivity index (χ1v) is 6.77. The highest BCUT2D eigenvalue weighted by Gasteiger charge is 2.11. The predicted molar refractivity (Wildman–Crippen MR) is 79.1 cm³/mol. The summed E-state index contributed by atoms with van der Waals surface area (Å²) >= 11 is 0. The standard InChI is InChI=1S/C16H23N3/c1-11-6-7-15(12(2)8-11)9-17-13(3)16-10-18-19(5)14(16)4/h6-8,10,13,17H,9H2,1-5H3. The average Bonchev–Trinajstić information content (AvgIpc) is 2.69. The molecule has 0 radical (unpaired) electrons. The molecule has 19 heavy (non-hydrogen) atoms. The normalized spacial score (nSPS) is 12.7. The van der Waals surface area contributed by atoms with Gasteiger partial charge in [-0.2, -0.15) is 5.10 Å². The summed E-state index contributed by atoms with van der Waals surface area (Å²) in [5.74, 6) is 0. The van der Waals surface area contributed by atoms with Gasteiger partial charge in [0.25, 0.3) is 0 Å². The molecule has 0 spiro atoms. The maximum Gasteiger partial charge on any atom is 0.0540 e. The van der Waals surface area contributed by atoms with Gasteiger partial charge < -0.3 is 5.32 Å². The van der Waals surface area contributed by atoms with Gasteiger partial charge in [-0.1, -0.05) is 23.8 Å². The lowest BCUT2D eigenvalue weighted by atomic mass is 10.0. The van der Waals surface area contributed by atoms with Crippen LogP contribution in [0.15, 0.2) is 24.4 Å². The van der Waals surface area contributed by atoms with Gasteiger partial charge in [-0.3, -0.25) is 4.68 Å². The molecule has 3 nitrogen and oxygen atoms in total. The highest BCUT2D eigenvalue weighted by atomic mass is 15.3. The van der Waals surface area contributed by atoms with Crippen molar-refractivity contribution in [2.75, 3.05) is 0 Å². The third-order valence-corrected chi connectivity index (χ3v) is 3.84. The minimum absolute atomic E-state index is 0.314. The zero-order valence-corrected chi connectivity index (χ0v) is 12.5. The Kier molecular flexibility index (Phi) is 4.05. The van der Waals surface area contributed by atoms with Gasteiger partial charge in [-0.25, -0.2) is 0 Å². The zero-order chi connectivity index (χ0) is 14.0. The van der Waals surface area contributed by atoms with Gasteiger partial charge in [0.1, 0.15) is 0 Å². The molecule has 1 aromatic heterocycles. The number of nitrogens with zero attached hydrogens (tertiary/aromatic N) is 2. The van der Waals surface area contributed by atoms with Crippen molar-refractivity contribution in [3.8, 4) is 0 Å². The van der Waals surface area contributed by atoms with Crippen LogP contribution in [0.3, 0.4) is 0 Å². The van der Waals surface area contributed by atoms with Crippen LogP contribution in [0.5, 0.6) is 0 Å². The fourth-order valence-electron chi connectivity index (χ4n) is 2.36. The number of hydrogen-bond acceptors (Lipinski definition) is 2. The van der Waals surface area contributed by atoms with Crippen LogP contribution in [-0.4, -0.2) is 9.78 Å². The van der Waals surface area contributed by atoms with E-state index in [2.05, 4.69) is 56.3 Å². The lowest BCUT2D eigenvalue weighted by molar-refractivity contribution is 0.569. The Bertz CT molecular complexity index is 569. The van der Waals surface area contributed by atoms with Crippen LogP contribution in [0, 0.1) is 20.8 Å². The van der Waals surface area contributed by atoms with Crippen molar-refractivity contribution in [2.24, 2.45) is 7.05 Å². The van der Waals surface area contributed by atoms with E-state index in [0.717, 1.165) is 6.54 Å². The summed E-state index contributed by atoms with van der Waals surface area (Å²) in [4.78, 5) is 0. The molecule has 1 unspecified atom stereocenters. The Morgan fingerprint density at radius 3 is 2.58 bits per heavy atom. The van der Waals surface area contributed by atoms with Gasteiger partial charge in [0, 0.05) is 30.9 Å². The van der Waals surface area contributed by atoms with Crippen molar-refractivity contribution >= 4 is 0 Å². The summed E-state index contributed by atoms with van der Waals surface area (Å²) in [7, 11) is 1.98. The van der Waals surface area contributed by atoms with Crippen LogP contribution < -0.4 is 5.32 Å². The summed E-state index contributed by atoms with van der Waals surface area (Å²) in [6, 6.07) is 6.93. The molecule has 2 aromatic rings. The Morgan fingerprint density at radius 1 is 1.26 bits per heavy atom. The van der Waals surface area contributed by atoms with Crippen molar-refractivity contribution in [1.29, 1.82) is 0 Å². The van der Waals surface area contributed by atoms with Crippen LogP contribution in [0.1, 0.15) is 40.9 Å². The Balaban J connectivity index is 2.04. The summed E-state index contributed by atoms with van der Waals surface area (Å²) < 4.78 is 1.92. The minimum atomic E-state index is 0.314. The van der Waals surface area contributed by atoms with Gasteiger partial charge in [0.05, 0.1) is 6.20 Å². The van der Waals surface area contributed by atoms with Gasteiger partial charge in [-0.05, 0) is 38.8 Å². The van der Waals surface area contributed by atoms with Gasteiger partial charge in [-0.15, -0.1) is 0 Å². The zero-order valence-electron chi connectivity index (χ0n) is 12.5. The van der Waals surface area contributed by atoms with Crippen LogP contribution in [0.2, 0.25) is 0 Å². The van der Waals surface area contributed by atoms with E-state index in [1.807, 2.05) is 17.9 Å². The van der Waals surface area contributed by atoms with E-state index < -0.39 is 0 Å². The van der Waals surface area contributed by atoms with Crippen LogP contribution >= 0.6 is 0 Å². The van der Waals surface area contributed by atoms with E-state index in [9.17, 15) is 0 Å². The summed E-state index contributed by atoms with van der Waals surface area (Å²) in [6.07, 6.45) is 1.95. The van der Waals surface area contributed by atoms with Crippen molar-refractivity contribution in [1.82, 2.24) is 15.1 Å². The summed E-state index contributed by atoms with van der Waals surface area (Å²) in [5, 5.41) is 7.87. The molecule has 3 heteroatoms. The molecule has 0 aliphatic rings. The third-order valence-electron chi connectivity index (χ3n) is 3.84. The van der Waals surface area contributed by atoms with Crippen molar-refractivity contribution < 1.29 is 0 Å². The molecular weight excluding hydrogens is 234 g/mol. The Morgan fingerprint density at radius 2 is 2.00 bits per heavy atom. The smallest absolute Gasteiger partial charge is 0.0540 e. The number of rotatable bonds is 4. The molecule has 102 valence electrons. The first-order valence-electron chi connectivity index (χ1n) is 6.77. The van der Waals surface area contributed by atoms with E-state index in [-0.39, 0.29) is 0 Å². The second-order valence-corrected chi connectivity index (χ2v) is 5.34. The van der Waals surface area contributed by atoms with E-state index in [4.69, 9.17) is 0 Å². The topological polar surface area (TPSA) is 29.9 Å². The SMILES string of the molecule is Cc1ccc(CNC(C)c2cnn(C)c2C)c(C)c1. The maximum absolute atomic E-state index is 4.30. The van der Waals surface area contributed by atoms with Crippen LogP contribution in [-0.2, 0) is 13.6 Å². The molecule has 1 aromatic carbocycles. The number of aromatic nitrogens is 2. The molecule has 2 rings (SSSR count). The molecule has 0 aliphatic heterocycles. The molecule has 1 heterocycles. The second-order valence-electron chi connectivity index (χ2n) is 5.34. The minimum Gasteiger partial charge on any atom is -0.306 e. The highest BCUT2D eigenvalue weighted by molar-refractivity contribution is 5.30. The molecule has 0 bridgehead atoms. The fraction of sp³-hybridized carbons (Fsp3) is 0.438. The molecule has 0 aliphatic carbocycles. The van der Waals surface area contributed by atoms with Crippen LogP contribution in [0.4, 0.5) is 0 Å². The predicted octanol–water partition coefficient (Wildman–Crippen LogP) is 3.20. The lowest BCUT2D eigenvalue weighted by Gasteiger charge is -2.15. The highest BCUT2D eigenvalue weighted by Crippen LogP contribution is 2.17. The second kappa shape index (κ2) is 5.57. The fourth-order valence-corrected chi connectivity index (χ4v) is 2.36. The Hall–Kier alpha value is -1.61. The quantitative estimate of drug-likeness (QED) is 0.911. The number of aryl methyl sites for hydroxylation is 3. The van der Waals surface area contributed by atoms with Crippen molar-refractivity contribution in [2.45, 2.75) is 40.3 Å². The van der Waals surface area contributed by atoms with Gasteiger partial charge in [0.15, 0.2) is 0 Å². The number of nitrogens with one attached hydrogen (secondary N) is 1. The molecular formula is C16H23N3. The van der Waals surface area contributed by atoms with Crippen molar-refractivity contribution in [3.05, 3.63) is 52.3 Å². The number of hydrogen-bond donors (Lipinski definition) is 1. The monoisotopic (exact) mass is 257 g/mol. The van der Waals surface area contributed by atoms with Gasteiger partial charge >= 0.3 is 0 Å². The largest absolute Gasteiger partial charge is 0.306 e. The molecule has 1 N–H and O–H groups in total. The van der Waals surface area contributed by atoms with Crippen LogP contribution in [0.25, 0.3) is 0 Å². The van der Waals surface area contributed by atoms with E-state index >= 15 is 0 Å². The summed E-state index contributed by atoms with van der Waals surface area (Å²) in [6.45, 7) is 9.49. The summed E-state index contributed by atoms with van der Waals surface area (Å²) in [5.41, 5.74) is 6.52. The van der Waals surface area contributed by atoms with E-state index in [0.29, 0.717) is 6.04 Å². The number of benzene rings is 1.